The number of hydrogen-bond acceptors (Lipinski definition) is 4. The Labute approximate surface area is 193 Å². The van der Waals surface area contributed by atoms with Gasteiger partial charge in [0, 0.05) is 12.8 Å². The maximum absolute atomic E-state index is 11.9. The van der Waals surface area contributed by atoms with E-state index in [1.54, 1.807) is 6.92 Å². The molecule has 0 aromatic heterocycles. The van der Waals surface area contributed by atoms with Crippen molar-refractivity contribution in [2.45, 2.75) is 155 Å². The molecular weight excluding hydrogens is 388 g/mol. The molecule has 184 valence electrons. The molecule has 31 heavy (non-hydrogen) atoms. The molecule has 0 amide bonds. The van der Waals surface area contributed by atoms with Crippen LogP contribution >= 0.6 is 0 Å². The van der Waals surface area contributed by atoms with Gasteiger partial charge in [0.2, 0.25) is 0 Å². The van der Waals surface area contributed by atoms with E-state index in [9.17, 15) is 9.59 Å². The van der Waals surface area contributed by atoms with Gasteiger partial charge in [-0.1, -0.05) is 117 Å². The first kappa shape index (κ1) is 29.9. The van der Waals surface area contributed by atoms with Crippen LogP contribution in [0.15, 0.2) is 0 Å². The van der Waals surface area contributed by atoms with Crippen molar-refractivity contribution in [2.75, 3.05) is 6.61 Å². The number of hydrogen-bond donors (Lipinski definition) is 0. The van der Waals surface area contributed by atoms with Crippen LogP contribution < -0.4 is 0 Å². The number of unbranched alkanes of at least 4 members (excludes halogenated alkanes) is 16. The summed E-state index contributed by atoms with van der Waals surface area (Å²) in [5.41, 5.74) is 0. The molecule has 0 aliphatic rings. The van der Waals surface area contributed by atoms with Crippen molar-refractivity contribution in [3.63, 3.8) is 0 Å². The quantitative estimate of drug-likeness (QED) is 0.118. The van der Waals surface area contributed by atoms with Crippen molar-refractivity contribution >= 4 is 11.9 Å². The third-order valence-corrected chi connectivity index (χ3v) is 5.78. The van der Waals surface area contributed by atoms with E-state index in [1.165, 1.54) is 89.9 Å². The second-order valence-electron chi connectivity index (χ2n) is 9.14. The summed E-state index contributed by atoms with van der Waals surface area (Å²) in [4.78, 5) is 23.7. The Balaban J connectivity index is 3.46. The molecule has 0 N–H and O–H groups in total. The second-order valence-corrected chi connectivity index (χ2v) is 9.14. The topological polar surface area (TPSA) is 52.6 Å². The zero-order valence-corrected chi connectivity index (χ0v) is 21.1. The van der Waals surface area contributed by atoms with E-state index in [0.29, 0.717) is 12.8 Å². The predicted octanol–water partition coefficient (Wildman–Crippen LogP) is 8.30. The molecule has 0 spiro atoms. The monoisotopic (exact) mass is 440 g/mol. The first-order chi connectivity index (χ1) is 15.1. The molecule has 1 atom stereocenters. The molecule has 0 aliphatic heterocycles. The van der Waals surface area contributed by atoms with Crippen LogP contribution in [0.5, 0.6) is 0 Å². The lowest BCUT2D eigenvalue weighted by atomic mass is 10.1. The van der Waals surface area contributed by atoms with Gasteiger partial charge in [-0.15, -0.1) is 0 Å². The average molecular weight is 441 g/mol. The molecule has 0 radical (unpaired) electrons. The normalized spacial score (nSPS) is 12.0. The van der Waals surface area contributed by atoms with Crippen molar-refractivity contribution in [2.24, 2.45) is 0 Å². The fraction of sp³-hybridized carbons (Fsp3) is 0.926. The third kappa shape index (κ3) is 23.4. The van der Waals surface area contributed by atoms with E-state index in [-0.39, 0.29) is 24.6 Å². The van der Waals surface area contributed by atoms with E-state index in [1.807, 2.05) is 0 Å². The van der Waals surface area contributed by atoms with Gasteiger partial charge in [0.1, 0.15) is 12.7 Å². The van der Waals surface area contributed by atoms with Gasteiger partial charge in [0.25, 0.3) is 0 Å². The zero-order chi connectivity index (χ0) is 23.0. The molecule has 1 unspecified atom stereocenters. The van der Waals surface area contributed by atoms with Gasteiger partial charge in [-0.3, -0.25) is 9.59 Å². The maximum atomic E-state index is 11.9. The molecule has 4 nitrogen and oxygen atoms in total. The van der Waals surface area contributed by atoms with E-state index in [2.05, 4.69) is 13.8 Å². The fourth-order valence-electron chi connectivity index (χ4n) is 3.76. The second kappa shape index (κ2) is 23.6. The third-order valence-electron chi connectivity index (χ3n) is 5.78. The minimum absolute atomic E-state index is 0.166. The van der Waals surface area contributed by atoms with Gasteiger partial charge in [-0.25, -0.2) is 0 Å². The Hall–Kier alpha value is -1.06. The Kier molecular flexibility index (Phi) is 22.8. The summed E-state index contributed by atoms with van der Waals surface area (Å²) >= 11 is 0. The Morgan fingerprint density at radius 2 is 0.903 bits per heavy atom. The number of carbonyl (C=O) groups excluding carboxylic acids is 2. The summed E-state index contributed by atoms with van der Waals surface area (Å²) < 4.78 is 10.6. The highest BCUT2D eigenvalue weighted by atomic mass is 16.6. The first-order valence-electron chi connectivity index (χ1n) is 13.4. The van der Waals surface area contributed by atoms with Crippen LogP contribution in [0.4, 0.5) is 0 Å². The van der Waals surface area contributed by atoms with Gasteiger partial charge in [-0.2, -0.15) is 0 Å². The molecule has 0 saturated heterocycles. The van der Waals surface area contributed by atoms with E-state index < -0.39 is 0 Å². The fourth-order valence-corrected chi connectivity index (χ4v) is 3.76. The van der Waals surface area contributed by atoms with Gasteiger partial charge >= 0.3 is 11.9 Å². The van der Waals surface area contributed by atoms with Crippen LogP contribution in [0.2, 0.25) is 0 Å². The van der Waals surface area contributed by atoms with Crippen LogP contribution in [-0.2, 0) is 19.1 Å². The van der Waals surface area contributed by atoms with Crippen LogP contribution in [0.1, 0.15) is 149 Å². The molecule has 0 aromatic carbocycles. The number of ether oxygens (including phenoxy) is 2. The summed E-state index contributed by atoms with van der Waals surface area (Å²) in [5.74, 6) is -0.352. The number of esters is 2. The predicted molar refractivity (Wildman–Crippen MR) is 130 cm³/mol. The van der Waals surface area contributed by atoms with Crippen LogP contribution in [0.3, 0.4) is 0 Å². The van der Waals surface area contributed by atoms with Gasteiger partial charge in [-0.05, 0) is 19.8 Å². The molecule has 0 rings (SSSR count). The van der Waals surface area contributed by atoms with Crippen molar-refractivity contribution in [1.82, 2.24) is 0 Å². The summed E-state index contributed by atoms with van der Waals surface area (Å²) in [6, 6.07) is 0. The largest absolute Gasteiger partial charge is 0.462 e. The Morgan fingerprint density at radius 1 is 0.548 bits per heavy atom. The molecule has 0 heterocycles. The lowest BCUT2D eigenvalue weighted by Crippen LogP contribution is -2.22. The van der Waals surface area contributed by atoms with Crippen LogP contribution in [0.25, 0.3) is 0 Å². The zero-order valence-electron chi connectivity index (χ0n) is 21.1. The van der Waals surface area contributed by atoms with Crippen molar-refractivity contribution in [1.29, 1.82) is 0 Å². The van der Waals surface area contributed by atoms with Crippen molar-refractivity contribution < 1.29 is 19.1 Å². The molecular formula is C27H52O4. The SMILES string of the molecule is CCCCCCCCCCCC(=O)OCC(C)OC(=O)CCCCCCCCCCC. The maximum Gasteiger partial charge on any atom is 0.306 e. The Morgan fingerprint density at radius 3 is 1.32 bits per heavy atom. The van der Waals surface area contributed by atoms with E-state index in [4.69, 9.17) is 9.47 Å². The molecule has 0 fully saturated rings. The summed E-state index contributed by atoms with van der Waals surface area (Å²) in [6.07, 6.45) is 22.7. The first-order valence-corrected chi connectivity index (χ1v) is 13.4. The molecule has 0 bridgehead atoms. The summed E-state index contributed by atoms with van der Waals surface area (Å²) in [7, 11) is 0. The summed E-state index contributed by atoms with van der Waals surface area (Å²) in [6.45, 7) is 6.44. The van der Waals surface area contributed by atoms with Crippen LogP contribution in [0, 0.1) is 0 Å². The van der Waals surface area contributed by atoms with Crippen LogP contribution in [-0.4, -0.2) is 24.6 Å². The molecule has 0 aliphatic carbocycles. The Bertz CT molecular complexity index is 408. The highest BCUT2D eigenvalue weighted by molar-refractivity contribution is 5.70. The number of carbonyl (C=O) groups is 2. The van der Waals surface area contributed by atoms with E-state index >= 15 is 0 Å². The highest BCUT2D eigenvalue weighted by Crippen LogP contribution is 2.12. The standard InChI is InChI=1S/C27H52O4/c1-4-6-8-10-12-14-16-18-20-22-26(28)30-24-25(3)31-27(29)23-21-19-17-15-13-11-9-7-5-2/h25H,4-24H2,1-3H3. The smallest absolute Gasteiger partial charge is 0.306 e. The lowest BCUT2D eigenvalue weighted by molar-refractivity contribution is -0.158. The molecule has 0 aromatic rings. The van der Waals surface area contributed by atoms with Crippen molar-refractivity contribution in [3.8, 4) is 0 Å². The number of rotatable bonds is 23. The van der Waals surface area contributed by atoms with E-state index in [0.717, 1.165) is 25.7 Å². The molecule has 0 saturated carbocycles. The molecule has 4 heteroatoms. The summed E-state index contributed by atoms with van der Waals surface area (Å²) in [5, 5.41) is 0. The minimum Gasteiger partial charge on any atom is -0.462 e. The van der Waals surface area contributed by atoms with Gasteiger partial charge < -0.3 is 9.47 Å². The minimum atomic E-state index is -0.363. The average Bonchev–Trinajstić information content (AvgIpc) is 2.75. The highest BCUT2D eigenvalue weighted by Gasteiger charge is 2.12. The van der Waals surface area contributed by atoms with Gasteiger partial charge in [0.05, 0.1) is 0 Å². The van der Waals surface area contributed by atoms with Crippen molar-refractivity contribution in [3.05, 3.63) is 0 Å². The lowest BCUT2D eigenvalue weighted by Gasteiger charge is -2.13. The van der Waals surface area contributed by atoms with Gasteiger partial charge in [0.15, 0.2) is 0 Å².